The average Bonchev–Trinajstić information content (AvgIpc) is 2.79. The second-order valence-electron chi connectivity index (χ2n) is 4.93. The zero-order valence-electron chi connectivity index (χ0n) is 11.6. The monoisotopic (exact) mass is 360 g/mol. The molecular formula is C16H13BrN2OS. The van der Waals surface area contributed by atoms with E-state index in [0.717, 1.165) is 20.3 Å². The van der Waals surface area contributed by atoms with Gasteiger partial charge in [0, 0.05) is 4.47 Å². The Kier molecular flexibility index (Phi) is 3.78. The number of carbonyl (C=O) groups is 1. The predicted molar refractivity (Wildman–Crippen MR) is 91.2 cm³/mol. The number of thiazole rings is 1. The molecule has 0 bridgehead atoms. The second kappa shape index (κ2) is 5.58. The third-order valence-electron chi connectivity index (χ3n) is 3.13. The van der Waals surface area contributed by atoms with Crippen molar-refractivity contribution in [3.8, 4) is 0 Å². The molecule has 3 rings (SSSR count). The molecule has 0 aliphatic carbocycles. The number of hydrogen-bond acceptors (Lipinski definition) is 3. The Morgan fingerprint density at radius 3 is 2.62 bits per heavy atom. The summed E-state index contributed by atoms with van der Waals surface area (Å²) in [6.45, 7) is 4.03. The molecule has 2 aromatic carbocycles. The molecule has 3 nitrogen and oxygen atoms in total. The van der Waals surface area contributed by atoms with Crippen LogP contribution in [0.1, 0.15) is 21.5 Å². The fourth-order valence-corrected chi connectivity index (χ4v) is 3.69. The van der Waals surface area contributed by atoms with Crippen LogP contribution in [0.5, 0.6) is 0 Å². The normalized spacial score (nSPS) is 10.8. The van der Waals surface area contributed by atoms with E-state index in [1.165, 1.54) is 16.9 Å². The van der Waals surface area contributed by atoms with Crippen molar-refractivity contribution in [1.82, 2.24) is 4.98 Å². The van der Waals surface area contributed by atoms with Crippen molar-refractivity contribution in [2.75, 3.05) is 5.32 Å². The summed E-state index contributed by atoms with van der Waals surface area (Å²) in [5, 5.41) is 3.48. The number of anilines is 1. The van der Waals surface area contributed by atoms with Gasteiger partial charge < -0.3 is 0 Å². The Morgan fingerprint density at radius 2 is 1.86 bits per heavy atom. The van der Waals surface area contributed by atoms with Gasteiger partial charge in [0.1, 0.15) is 0 Å². The Hall–Kier alpha value is -1.72. The number of nitrogens with zero attached hydrogens (tertiary/aromatic N) is 1. The molecule has 3 aromatic rings. The van der Waals surface area contributed by atoms with E-state index in [-0.39, 0.29) is 5.91 Å². The Morgan fingerprint density at radius 1 is 1.14 bits per heavy atom. The number of nitrogens with one attached hydrogen (secondary N) is 1. The first-order valence-electron chi connectivity index (χ1n) is 6.47. The van der Waals surface area contributed by atoms with Crippen LogP contribution in [-0.2, 0) is 0 Å². The van der Waals surface area contributed by atoms with Gasteiger partial charge in [-0.1, -0.05) is 23.5 Å². The number of halogens is 1. The van der Waals surface area contributed by atoms with Gasteiger partial charge in [-0.25, -0.2) is 4.98 Å². The van der Waals surface area contributed by atoms with E-state index in [2.05, 4.69) is 32.3 Å². The Labute approximate surface area is 135 Å². The van der Waals surface area contributed by atoms with E-state index in [4.69, 9.17) is 0 Å². The summed E-state index contributed by atoms with van der Waals surface area (Å²) in [7, 11) is 0. The summed E-state index contributed by atoms with van der Waals surface area (Å²) in [4.78, 5) is 16.8. The second-order valence-corrected chi connectivity index (χ2v) is 6.81. The van der Waals surface area contributed by atoms with Gasteiger partial charge in [0.25, 0.3) is 5.91 Å². The van der Waals surface area contributed by atoms with E-state index >= 15 is 0 Å². The van der Waals surface area contributed by atoms with E-state index in [1.807, 2.05) is 44.2 Å². The Balaban J connectivity index is 1.89. The molecule has 0 aliphatic rings. The van der Waals surface area contributed by atoms with Crippen molar-refractivity contribution in [3.05, 3.63) is 57.6 Å². The third-order valence-corrected chi connectivity index (χ3v) is 4.72. The first kappa shape index (κ1) is 14.2. The van der Waals surface area contributed by atoms with Gasteiger partial charge in [-0.3, -0.25) is 10.1 Å². The van der Waals surface area contributed by atoms with Gasteiger partial charge in [0.05, 0.1) is 15.8 Å². The van der Waals surface area contributed by atoms with Gasteiger partial charge in [0.2, 0.25) is 0 Å². The number of aryl methyl sites for hydroxylation is 2. The minimum atomic E-state index is -0.155. The van der Waals surface area contributed by atoms with Crippen LogP contribution in [0.15, 0.2) is 40.9 Å². The highest BCUT2D eigenvalue weighted by atomic mass is 79.9. The molecule has 0 unspecified atom stereocenters. The molecule has 5 heteroatoms. The molecule has 1 heterocycles. The summed E-state index contributed by atoms with van der Waals surface area (Å²) in [5.41, 5.74) is 3.80. The van der Waals surface area contributed by atoms with Crippen LogP contribution < -0.4 is 5.32 Å². The van der Waals surface area contributed by atoms with Gasteiger partial charge >= 0.3 is 0 Å². The maximum Gasteiger partial charge on any atom is 0.258 e. The quantitative estimate of drug-likeness (QED) is 0.703. The molecule has 21 heavy (non-hydrogen) atoms. The summed E-state index contributed by atoms with van der Waals surface area (Å²) < 4.78 is 1.87. The Bertz CT molecular complexity index is 841. The van der Waals surface area contributed by atoms with Gasteiger partial charge in [-0.05, 0) is 65.2 Å². The first-order valence-corrected chi connectivity index (χ1v) is 8.08. The number of benzene rings is 2. The summed E-state index contributed by atoms with van der Waals surface area (Å²) in [5.74, 6) is -0.155. The van der Waals surface area contributed by atoms with Crippen LogP contribution in [0.2, 0.25) is 0 Å². The number of hydrogen-bond donors (Lipinski definition) is 1. The topological polar surface area (TPSA) is 42.0 Å². The van der Waals surface area contributed by atoms with Crippen molar-refractivity contribution in [3.63, 3.8) is 0 Å². The van der Waals surface area contributed by atoms with Crippen LogP contribution >= 0.6 is 27.3 Å². The van der Waals surface area contributed by atoms with Crippen molar-refractivity contribution >= 4 is 48.5 Å². The molecule has 106 valence electrons. The minimum Gasteiger partial charge on any atom is -0.298 e. The lowest BCUT2D eigenvalue weighted by molar-refractivity contribution is 0.102. The number of rotatable bonds is 2. The summed E-state index contributed by atoms with van der Waals surface area (Å²) >= 11 is 4.91. The summed E-state index contributed by atoms with van der Waals surface area (Å²) in [6.07, 6.45) is 0. The van der Waals surface area contributed by atoms with Crippen LogP contribution in [-0.4, -0.2) is 10.9 Å². The first-order chi connectivity index (χ1) is 10.0. The molecule has 0 atom stereocenters. The highest BCUT2D eigenvalue weighted by Crippen LogP contribution is 2.27. The van der Waals surface area contributed by atoms with Crippen LogP contribution in [0.4, 0.5) is 5.13 Å². The fraction of sp³-hybridized carbons (Fsp3) is 0.125. The van der Waals surface area contributed by atoms with Crippen molar-refractivity contribution in [2.45, 2.75) is 13.8 Å². The largest absolute Gasteiger partial charge is 0.298 e. The molecule has 1 aromatic heterocycles. The maximum atomic E-state index is 12.3. The van der Waals surface area contributed by atoms with Crippen molar-refractivity contribution in [2.24, 2.45) is 0 Å². The van der Waals surface area contributed by atoms with Gasteiger partial charge in [0.15, 0.2) is 5.13 Å². The van der Waals surface area contributed by atoms with Crippen LogP contribution in [0.25, 0.3) is 10.2 Å². The smallest absolute Gasteiger partial charge is 0.258 e. The molecule has 0 saturated carbocycles. The van der Waals surface area contributed by atoms with E-state index in [1.54, 1.807) is 0 Å². The number of amides is 1. The molecule has 0 spiro atoms. The van der Waals surface area contributed by atoms with Gasteiger partial charge in [-0.2, -0.15) is 0 Å². The SMILES string of the molecule is Cc1ccc(C(=O)Nc2nc3ccc(C)cc3s2)c(Br)c1. The van der Waals surface area contributed by atoms with E-state index < -0.39 is 0 Å². The third kappa shape index (κ3) is 2.99. The van der Waals surface area contributed by atoms with E-state index in [9.17, 15) is 4.79 Å². The molecule has 1 N–H and O–H groups in total. The van der Waals surface area contributed by atoms with Crippen LogP contribution in [0, 0.1) is 13.8 Å². The van der Waals surface area contributed by atoms with Gasteiger partial charge in [-0.15, -0.1) is 0 Å². The summed E-state index contributed by atoms with van der Waals surface area (Å²) in [6, 6.07) is 11.7. The van der Waals surface area contributed by atoms with Crippen molar-refractivity contribution in [1.29, 1.82) is 0 Å². The molecule has 0 fully saturated rings. The molecular weight excluding hydrogens is 348 g/mol. The average molecular weight is 361 g/mol. The molecule has 1 amide bonds. The predicted octanol–water partition coefficient (Wildman–Crippen LogP) is 4.93. The standard InChI is InChI=1S/C16H13BrN2OS/c1-9-3-5-11(12(17)7-9)15(20)19-16-18-13-6-4-10(2)8-14(13)21-16/h3-8H,1-2H3,(H,18,19,20). The maximum absolute atomic E-state index is 12.3. The highest BCUT2D eigenvalue weighted by molar-refractivity contribution is 9.10. The minimum absolute atomic E-state index is 0.155. The van der Waals surface area contributed by atoms with Crippen LogP contribution in [0.3, 0.4) is 0 Å². The zero-order valence-corrected chi connectivity index (χ0v) is 14.0. The lowest BCUT2D eigenvalue weighted by Crippen LogP contribution is -2.12. The van der Waals surface area contributed by atoms with E-state index in [0.29, 0.717) is 10.7 Å². The lowest BCUT2D eigenvalue weighted by Gasteiger charge is -2.04. The number of aromatic nitrogens is 1. The fourth-order valence-electron chi connectivity index (χ4n) is 2.05. The number of carbonyl (C=O) groups excluding carboxylic acids is 1. The molecule has 0 aliphatic heterocycles. The van der Waals surface area contributed by atoms with Crippen molar-refractivity contribution < 1.29 is 4.79 Å². The molecule has 0 saturated heterocycles. The highest BCUT2D eigenvalue weighted by Gasteiger charge is 2.12. The lowest BCUT2D eigenvalue weighted by atomic mass is 10.1. The zero-order chi connectivity index (χ0) is 15.0. The molecule has 0 radical (unpaired) electrons. The number of fused-ring (bicyclic) bond motifs is 1.